The normalized spacial score (nSPS) is 20.3. The van der Waals surface area contributed by atoms with E-state index in [1.54, 1.807) is 7.11 Å². The maximum Gasteiger partial charge on any atom is 0.218 e. The van der Waals surface area contributed by atoms with Crippen LogP contribution < -0.4 is 4.74 Å². The molecular formula is C19H27N3O. The van der Waals surface area contributed by atoms with Crippen molar-refractivity contribution in [3.8, 4) is 5.88 Å². The Labute approximate surface area is 139 Å². The molecule has 0 radical (unpaired) electrons. The lowest BCUT2D eigenvalue weighted by Gasteiger charge is -2.42. The fourth-order valence-electron chi connectivity index (χ4n) is 3.47. The second kappa shape index (κ2) is 6.85. The topological polar surface area (TPSA) is 28.6 Å². The van der Waals surface area contributed by atoms with Crippen LogP contribution in [0.5, 0.6) is 5.88 Å². The molecule has 0 amide bonds. The summed E-state index contributed by atoms with van der Waals surface area (Å²) in [6.07, 6.45) is 0. The van der Waals surface area contributed by atoms with Crippen LogP contribution in [0.15, 0.2) is 30.3 Å². The lowest BCUT2D eigenvalue weighted by atomic mass is 9.99. The number of pyridine rings is 1. The van der Waals surface area contributed by atoms with Crippen molar-refractivity contribution in [2.24, 2.45) is 5.92 Å². The van der Waals surface area contributed by atoms with E-state index >= 15 is 0 Å². The Kier molecular flexibility index (Phi) is 4.83. The van der Waals surface area contributed by atoms with Crippen LogP contribution in [0.25, 0.3) is 10.9 Å². The number of benzene rings is 1. The zero-order chi connectivity index (χ0) is 16.4. The lowest BCUT2D eigenvalue weighted by Crippen LogP contribution is -2.53. The Morgan fingerprint density at radius 2 is 2.04 bits per heavy atom. The number of ether oxygens (including phenoxy) is 1. The largest absolute Gasteiger partial charge is 0.481 e. The van der Waals surface area contributed by atoms with Gasteiger partial charge in [-0.2, -0.15) is 0 Å². The molecule has 0 N–H and O–H groups in total. The van der Waals surface area contributed by atoms with Crippen LogP contribution in [-0.2, 0) is 6.54 Å². The Bertz CT molecular complexity index is 671. The van der Waals surface area contributed by atoms with Gasteiger partial charge < -0.3 is 9.64 Å². The number of nitrogens with zero attached hydrogens (tertiary/aromatic N) is 3. The molecule has 124 valence electrons. The third kappa shape index (κ3) is 3.48. The van der Waals surface area contributed by atoms with Crippen molar-refractivity contribution >= 4 is 10.9 Å². The molecule has 1 aromatic heterocycles. The highest BCUT2D eigenvalue weighted by Gasteiger charge is 2.28. The van der Waals surface area contributed by atoms with E-state index in [4.69, 9.17) is 4.74 Å². The third-order valence-electron chi connectivity index (χ3n) is 4.84. The number of piperazine rings is 1. The maximum atomic E-state index is 5.56. The van der Waals surface area contributed by atoms with Crippen molar-refractivity contribution in [1.29, 1.82) is 0 Å². The van der Waals surface area contributed by atoms with Crippen LogP contribution >= 0.6 is 0 Å². The number of fused-ring (bicyclic) bond motifs is 1. The Morgan fingerprint density at radius 1 is 1.26 bits per heavy atom. The first kappa shape index (κ1) is 16.2. The molecule has 1 saturated heterocycles. The first-order valence-electron chi connectivity index (χ1n) is 8.43. The smallest absolute Gasteiger partial charge is 0.218 e. The first-order chi connectivity index (χ1) is 11.1. The molecule has 0 saturated carbocycles. The van der Waals surface area contributed by atoms with Crippen LogP contribution in [0.3, 0.4) is 0 Å². The van der Waals surface area contributed by atoms with Gasteiger partial charge in [0, 0.05) is 43.2 Å². The fourth-order valence-corrected chi connectivity index (χ4v) is 3.47. The minimum atomic E-state index is 0.574. The van der Waals surface area contributed by atoms with E-state index < -0.39 is 0 Å². The summed E-state index contributed by atoms with van der Waals surface area (Å²) in [6.45, 7) is 8.86. The number of para-hydroxylation sites is 1. The molecule has 3 rings (SSSR count). The molecule has 4 heteroatoms. The van der Waals surface area contributed by atoms with Gasteiger partial charge in [-0.05, 0) is 25.1 Å². The number of likely N-dealkylation sites (N-methyl/N-ethyl adjacent to an activating group) is 1. The van der Waals surface area contributed by atoms with Gasteiger partial charge in [-0.3, -0.25) is 4.90 Å². The van der Waals surface area contributed by atoms with Crippen molar-refractivity contribution in [3.63, 3.8) is 0 Å². The highest BCUT2D eigenvalue weighted by atomic mass is 16.5. The molecule has 0 spiro atoms. The van der Waals surface area contributed by atoms with Crippen molar-refractivity contribution < 1.29 is 4.74 Å². The van der Waals surface area contributed by atoms with Gasteiger partial charge in [0.1, 0.15) is 0 Å². The van der Waals surface area contributed by atoms with Gasteiger partial charge in [0.2, 0.25) is 5.88 Å². The zero-order valence-electron chi connectivity index (χ0n) is 14.6. The summed E-state index contributed by atoms with van der Waals surface area (Å²) in [5.41, 5.74) is 2.17. The van der Waals surface area contributed by atoms with E-state index in [1.807, 2.05) is 12.1 Å². The van der Waals surface area contributed by atoms with Gasteiger partial charge in [0.15, 0.2) is 0 Å². The Hall–Kier alpha value is -1.65. The molecule has 1 aromatic carbocycles. The number of aromatic nitrogens is 1. The second-order valence-electron chi connectivity index (χ2n) is 6.89. The molecule has 1 atom stereocenters. The van der Waals surface area contributed by atoms with Crippen LogP contribution in [0.1, 0.15) is 19.4 Å². The lowest BCUT2D eigenvalue weighted by molar-refractivity contribution is 0.0564. The van der Waals surface area contributed by atoms with E-state index in [9.17, 15) is 0 Å². The number of hydrogen-bond acceptors (Lipinski definition) is 4. The molecule has 1 unspecified atom stereocenters. The van der Waals surface area contributed by atoms with Crippen molar-refractivity contribution in [1.82, 2.24) is 14.8 Å². The molecule has 2 aromatic rings. The number of hydrogen-bond donors (Lipinski definition) is 0. The first-order valence-corrected chi connectivity index (χ1v) is 8.43. The van der Waals surface area contributed by atoms with Gasteiger partial charge in [-0.1, -0.05) is 32.0 Å². The average molecular weight is 313 g/mol. The quantitative estimate of drug-likeness (QED) is 0.867. The van der Waals surface area contributed by atoms with Crippen LogP contribution in [-0.4, -0.2) is 54.6 Å². The van der Waals surface area contributed by atoms with Gasteiger partial charge >= 0.3 is 0 Å². The second-order valence-corrected chi connectivity index (χ2v) is 6.89. The van der Waals surface area contributed by atoms with Crippen molar-refractivity contribution in [3.05, 3.63) is 35.9 Å². The molecular weight excluding hydrogens is 286 g/mol. The van der Waals surface area contributed by atoms with E-state index in [-0.39, 0.29) is 0 Å². The number of methoxy groups -OCH3 is 1. The minimum absolute atomic E-state index is 0.574. The van der Waals surface area contributed by atoms with E-state index in [1.165, 1.54) is 10.9 Å². The molecule has 1 fully saturated rings. The summed E-state index contributed by atoms with van der Waals surface area (Å²) in [6, 6.07) is 11.0. The zero-order valence-corrected chi connectivity index (χ0v) is 14.6. The predicted molar refractivity (Wildman–Crippen MR) is 94.8 cm³/mol. The van der Waals surface area contributed by atoms with Crippen LogP contribution in [0.2, 0.25) is 0 Å². The predicted octanol–water partition coefficient (Wildman–Crippen LogP) is 3.02. The number of rotatable bonds is 4. The SMILES string of the molecule is COc1nc2ccccc2cc1CN1CCN(C)CC1C(C)C. The average Bonchev–Trinajstić information content (AvgIpc) is 2.55. The molecule has 0 bridgehead atoms. The molecule has 1 aliphatic rings. The minimum Gasteiger partial charge on any atom is -0.481 e. The molecule has 2 heterocycles. The van der Waals surface area contributed by atoms with E-state index in [0.29, 0.717) is 12.0 Å². The van der Waals surface area contributed by atoms with Crippen molar-refractivity contribution in [2.45, 2.75) is 26.4 Å². The fraction of sp³-hybridized carbons (Fsp3) is 0.526. The van der Waals surface area contributed by atoms with Gasteiger partial charge in [0.25, 0.3) is 0 Å². The molecule has 23 heavy (non-hydrogen) atoms. The van der Waals surface area contributed by atoms with Crippen LogP contribution in [0, 0.1) is 5.92 Å². The van der Waals surface area contributed by atoms with E-state index in [2.05, 4.69) is 53.9 Å². The van der Waals surface area contributed by atoms with E-state index in [0.717, 1.165) is 37.6 Å². The monoisotopic (exact) mass is 313 g/mol. The molecule has 1 aliphatic heterocycles. The van der Waals surface area contributed by atoms with Crippen LogP contribution in [0.4, 0.5) is 0 Å². The summed E-state index contributed by atoms with van der Waals surface area (Å²) in [5, 5.41) is 1.18. The summed E-state index contributed by atoms with van der Waals surface area (Å²) in [5.74, 6) is 1.39. The molecule has 4 nitrogen and oxygen atoms in total. The standard InChI is InChI=1S/C19H27N3O/c1-14(2)18-13-21(3)9-10-22(18)12-16-11-15-7-5-6-8-17(15)20-19(16)23-4/h5-8,11,14,18H,9-10,12-13H2,1-4H3. The van der Waals surface area contributed by atoms with Crippen molar-refractivity contribution in [2.75, 3.05) is 33.8 Å². The summed E-state index contributed by atoms with van der Waals surface area (Å²) in [4.78, 5) is 9.69. The van der Waals surface area contributed by atoms with Gasteiger partial charge in [0.05, 0.1) is 12.6 Å². The van der Waals surface area contributed by atoms with Gasteiger partial charge in [-0.15, -0.1) is 0 Å². The molecule has 0 aliphatic carbocycles. The maximum absolute atomic E-state index is 5.56. The third-order valence-corrected chi connectivity index (χ3v) is 4.84. The summed E-state index contributed by atoms with van der Waals surface area (Å²) < 4.78 is 5.56. The Balaban J connectivity index is 1.90. The summed E-state index contributed by atoms with van der Waals surface area (Å²) in [7, 11) is 3.93. The van der Waals surface area contributed by atoms with Gasteiger partial charge in [-0.25, -0.2) is 4.98 Å². The highest BCUT2D eigenvalue weighted by Crippen LogP contribution is 2.26. The highest BCUT2D eigenvalue weighted by molar-refractivity contribution is 5.80. The Morgan fingerprint density at radius 3 is 2.78 bits per heavy atom. The summed E-state index contributed by atoms with van der Waals surface area (Å²) >= 11 is 0.